The van der Waals surface area contributed by atoms with Gasteiger partial charge in [0.15, 0.2) is 5.76 Å². The molecule has 1 aromatic carbocycles. The molecule has 1 aliphatic carbocycles. The Morgan fingerprint density at radius 1 is 1.08 bits per heavy atom. The lowest BCUT2D eigenvalue weighted by molar-refractivity contribution is -0.116. The monoisotopic (exact) mass is 346 g/mol. The topological polar surface area (TPSA) is 67.4 Å². The second kappa shape index (κ2) is 8.24. The maximum Gasteiger partial charge on any atom is 0.291 e. The summed E-state index contributed by atoms with van der Waals surface area (Å²) in [6.45, 7) is 0.522. The van der Waals surface area contributed by atoms with E-state index in [1.807, 2.05) is 0 Å². The van der Waals surface area contributed by atoms with Crippen molar-refractivity contribution in [2.24, 2.45) is 0 Å². The second-order valence-corrected chi connectivity index (χ2v) is 6.99. The van der Waals surface area contributed by atoms with Crippen LogP contribution in [0.25, 0.3) is 0 Å². The van der Waals surface area contributed by atoms with E-state index in [9.17, 15) is 9.59 Å². The van der Waals surface area contributed by atoms with Gasteiger partial charge in [-0.3, -0.25) is 9.59 Å². The van der Waals surface area contributed by atoms with Gasteiger partial charge < -0.3 is 15.4 Å². The standard InChI is InChI=1S/C18H22N2O3S/c21-17(19-13-6-2-1-3-7-13)14-8-4-5-9-15(14)20-18(22)16-12-24-11-10-23-16/h4-5,8-9,12-13H,1-3,6-7,10-11H2,(H,19,21)(H,20,22). The molecule has 2 N–H and O–H groups in total. The van der Waals surface area contributed by atoms with E-state index in [0.29, 0.717) is 23.6 Å². The largest absolute Gasteiger partial charge is 0.487 e. The van der Waals surface area contributed by atoms with Gasteiger partial charge in [-0.1, -0.05) is 31.4 Å². The molecule has 1 heterocycles. The van der Waals surface area contributed by atoms with E-state index < -0.39 is 0 Å². The van der Waals surface area contributed by atoms with Crippen molar-refractivity contribution in [1.29, 1.82) is 0 Å². The first-order chi connectivity index (χ1) is 11.7. The van der Waals surface area contributed by atoms with Crippen molar-refractivity contribution in [3.8, 4) is 0 Å². The molecule has 5 nitrogen and oxygen atoms in total. The average Bonchev–Trinajstić information content (AvgIpc) is 2.63. The molecule has 0 radical (unpaired) electrons. The number of thioether (sulfide) groups is 1. The number of carbonyl (C=O) groups is 2. The van der Waals surface area contributed by atoms with Gasteiger partial charge in [-0.25, -0.2) is 0 Å². The van der Waals surface area contributed by atoms with Crippen LogP contribution >= 0.6 is 11.8 Å². The first kappa shape index (κ1) is 16.9. The molecular weight excluding hydrogens is 324 g/mol. The number of para-hydroxylation sites is 1. The predicted molar refractivity (Wildman–Crippen MR) is 95.9 cm³/mol. The molecule has 1 fully saturated rings. The molecule has 6 heteroatoms. The van der Waals surface area contributed by atoms with E-state index >= 15 is 0 Å². The minimum atomic E-state index is -0.319. The van der Waals surface area contributed by atoms with Crippen molar-refractivity contribution in [2.75, 3.05) is 17.7 Å². The fraction of sp³-hybridized carbons (Fsp3) is 0.444. The van der Waals surface area contributed by atoms with Crippen LogP contribution in [-0.4, -0.2) is 30.2 Å². The van der Waals surface area contributed by atoms with Gasteiger partial charge in [-0.2, -0.15) is 0 Å². The Morgan fingerprint density at radius 3 is 2.62 bits per heavy atom. The smallest absolute Gasteiger partial charge is 0.291 e. The number of benzene rings is 1. The summed E-state index contributed by atoms with van der Waals surface area (Å²) in [7, 11) is 0. The molecule has 0 aromatic heterocycles. The number of nitrogens with one attached hydrogen (secondary N) is 2. The summed E-state index contributed by atoms with van der Waals surface area (Å²) in [4.78, 5) is 24.9. The molecule has 24 heavy (non-hydrogen) atoms. The maximum atomic E-state index is 12.6. The number of rotatable bonds is 4. The molecule has 3 rings (SSSR count). The lowest BCUT2D eigenvalue weighted by atomic mass is 9.95. The molecule has 0 saturated heterocycles. The Kier molecular flexibility index (Phi) is 5.80. The summed E-state index contributed by atoms with van der Waals surface area (Å²) in [5, 5.41) is 7.59. The van der Waals surface area contributed by atoms with E-state index in [1.54, 1.807) is 41.4 Å². The first-order valence-corrected chi connectivity index (χ1v) is 9.45. The minimum Gasteiger partial charge on any atom is -0.487 e. The zero-order chi connectivity index (χ0) is 16.8. The quantitative estimate of drug-likeness (QED) is 0.878. The van der Waals surface area contributed by atoms with Crippen LogP contribution in [-0.2, 0) is 9.53 Å². The van der Waals surface area contributed by atoms with Crippen molar-refractivity contribution in [2.45, 2.75) is 38.1 Å². The zero-order valence-electron chi connectivity index (χ0n) is 13.5. The summed E-state index contributed by atoms with van der Waals surface area (Å²) in [5.41, 5.74) is 0.997. The summed E-state index contributed by atoms with van der Waals surface area (Å²) in [6.07, 6.45) is 5.61. The molecule has 0 unspecified atom stereocenters. The highest BCUT2D eigenvalue weighted by Crippen LogP contribution is 2.21. The SMILES string of the molecule is O=C(Nc1ccccc1C(=O)NC1CCCCC1)C1=CSCCO1. The van der Waals surface area contributed by atoms with Crippen molar-refractivity contribution < 1.29 is 14.3 Å². The van der Waals surface area contributed by atoms with Gasteiger partial charge in [0.2, 0.25) is 0 Å². The third kappa shape index (κ3) is 4.32. The van der Waals surface area contributed by atoms with Crippen LogP contribution < -0.4 is 10.6 Å². The molecule has 2 aliphatic rings. The lowest BCUT2D eigenvalue weighted by Crippen LogP contribution is -2.36. The molecule has 0 atom stereocenters. The van der Waals surface area contributed by atoms with Crippen LogP contribution in [0, 0.1) is 0 Å². The predicted octanol–water partition coefficient (Wildman–Crippen LogP) is 3.29. The molecule has 128 valence electrons. The molecule has 1 saturated carbocycles. The lowest BCUT2D eigenvalue weighted by Gasteiger charge is -2.23. The Balaban J connectivity index is 1.68. The third-order valence-electron chi connectivity index (χ3n) is 4.23. The normalized spacial score (nSPS) is 18.2. The highest BCUT2D eigenvalue weighted by Gasteiger charge is 2.20. The van der Waals surface area contributed by atoms with Crippen molar-refractivity contribution in [1.82, 2.24) is 5.32 Å². The van der Waals surface area contributed by atoms with Gasteiger partial charge in [0.1, 0.15) is 0 Å². The summed E-state index contributed by atoms with van der Waals surface area (Å²) in [5.74, 6) is 0.691. The summed E-state index contributed by atoms with van der Waals surface area (Å²) in [6, 6.07) is 7.31. The molecular formula is C18H22N2O3S. The third-order valence-corrected chi connectivity index (χ3v) is 5.02. The van der Waals surface area contributed by atoms with Gasteiger partial charge in [0.25, 0.3) is 11.8 Å². The molecule has 2 amide bonds. The number of anilines is 1. The van der Waals surface area contributed by atoms with E-state index in [1.165, 1.54) is 6.42 Å². The van der Waals surface area contributed by atoms with Crippen LogP contribution in [0.15, 0.2) is 35.4 Å². The number of carbonyl (C=O) groups excluding carboxylic acids is 2. The summed E-state index contributed by atoms with van der Waals surface area (Å²) < 4.78 is 5.36. The van der Waals surface area contributed by atoms with Gasteiger partial charge in [-0.05, 0) is 25.0 Å². The Morgan fingerprint density at radius 2 is 1.88 bits per heavy atom. The van der Waals surface area contributed by atoms with E-state index in [0.717, 1.165) is 31.4 Å². The van der Waals surface area contributed by atoms with Crippen molar-refractivity contribution in [3.05, 3.63) is 41.0 Å². The van der Waals surface area contributed by atoms with Crippen molar-refractivity contribution >= 4 is 29.3 Å². The Labute approximate surface area is 146 Å². The highest BCUT2D eigenvalue weighted by molar-refractivity contribution is 8.02. The van der Waals surface area contributed by atoms with Gasteiger partial charge >= 0.3 is 0 Å². The fourth-order valence-corrected chi connectivity index (χ4v) is 3.60. The number of amides is 2. The van der Waals surface area contributed by atoms with Crippen LogP contribution in [0.2, 0.25) is 0 Å². The number of hydrogen-bond donors (Lipinski definition) is 2. The highest BCUT2D eigenvalue weighted by atomic mass is 32.2. The van der Waals surface area contributed by atoms with Crippen LogP contribution in [0.3, 0.4) is 0 Å². The summed E-state index contributed by atoms with van der Waals surface area (Å²) >= 11 is 1.55. The van der Waals surface area contributed by atoms with E-state index in [4.69, 9.17) is 4.74 Å². The fourth-order valence-electron chi connectivity index (χ4n) is 2.97. The van der Waals surface area contributed by atoms with E-state index in [2.05, 4.69) is 10.6 Å². The molecule has 0 spiro atoms. The van der Waals surface area contributed by atoms with E-state index in [-0.39, 0.29) is 17.9 Å². The van der Waals surface area contributed by atoms with Gasteiger partial charge in [0, 0.05) is 17.2 Å². The average molecular weight is 346 g/mol. The minimum absolute atomic E-state index is 0.134. The van der Waals surface area contributed by atoms with Gasteiger partial charge in [0.05, 0.1) is 17.9 Å². The molecule has 1 aliphatic heterocycles. The molecule has 0 bridgehead atoms. The van der Waals surface area contributed by atoms with Crippen LogP contribution in [0.5, 0.6) is 0 Å². The Bertz CT molecular complexity index is 639. The maximum absolute atomic E-state index is 12.6. The first-order valence-electron chi connectivity index (χ1n) is 8.40. The van der Waals surface area contributed by atoms with Crippen LogP contribution in [0.4, 0.5) is 5.69 Å². The Hall–Kier alpha value is -1.95. The van der Waals surface area contributed by atoms with Crippen molar-refractivity contribution in [3.63, 3.8) is 0 Å². The second-order valence-electron chi connectivity index (χ2n) is 6.01. The van der Waals surface area contributed by atoms with Gasteiger partial charge in [-0.15, -0.1) is 11.8 Å². The number of ether oxygens (including phenoxy) is 1. The van der Waals surface area contributed by atoms with Crippen LogP contribution in [0.1, 0.15) is 42.5 Å². The molecule has 1 aromatic rings. The number of hydrogen-bond acceptors (Lipinski definition) is 4. The zero-order valence-corrected chi connectivity index (χ0v) is 14.4.